The summed E-state index contributed by atoms with van der Waals surface area (Å²) in [7, 11) is 0. The quantitative estimate of drug-likeness (QED) is 0.795. The molecule has 2 rings (SSSR count). The highest BCUT2D eigenvalue weighted by atomic mass is 35.5. The minimum Gasteiger partial charge on any atom is -0.356 e. The van der Waals surface area contributed by atoms with Gasteiger partial charge in [-0.15, -0.1) is 12.4 Å². The van der Waals surface area contributed by atoms with Crippen LogP contribution in [-0.4, -0.2) is 35.3 Å². The van der Waals surface area contributed by atoms with E-state index in [1.54, 1.807) is 0 Å². The molecule has 2 heterocycles. The van der Waals surface area contributed by atoms with Crippen LogP contribution in [-0.2, 0) is 11.3 Å². The zero-order chi connectivity index (χ0) is 13.0. The summed E-state index contributed by atoms with van der Waals surface area (Å²) in [5.41, 5.74) is 2.23. The number of aromatic nitrogens is 2. The molecular formula is C13H23ClN4O. The van der Waals surface area contributed by atoms with Gasteiger partial charge in [-0.25, -0.2) is 0 Å². The Morgan fingerprint density at radius 1 is 1.58 bits per heavy atom. The third-order valence-corrected chi connectivity index (χ3v) is 3.38. The van der Waals surface area contributed by atoms with E-state index in [0.717, 1.165) is 44.7 Å². The summed E-state index contributed by atoms with van der Waals surface area (Å²) in [5.74, 6) is 0.354. The second-order valence-electron chi connectivity index (χ2n) is 4.98. The van der Waals surface area contributed by atoms with E-state index in [4.69, 9.17) is 0 Å². The van der Waals surface area contributed by atoms with Gasteiger partial charge in [-0.3, -0.25) is 9.48 Å². The Bertz CT molecular complexity index is 413. The minimum absolute atomic E-state index is 0. The number of amides is 1. The first-order valence-electron chi connectivity index (χ1n) is 6.66. The maximum Gasteiger partial charge on any atom is 0.224 e. The van der Waals surface area contributed by atoms with Gasteiger partial charge in [0.15, 0.2) is 0 Å². The van der Waals surface area contributed by atoms with E-state index in [9.17, 15) is 4.79 Å². The SMILES string of the molecule is Cc1cc(C)n(CCCNC(=O)C2CCNC2)n1.Cl. The number of nitrogens with zero attached hydrogens (tertiary/aromatic N) is 2. The van der Waals surface area contributed by atoms with E-state index in [2.05, 4.69) is 28.7 Å². The van der Waals surface area contributed by atoms with Crippen LogP contribution in [0, 0.1) is 19.8 Å². The maximum atomic E-state index is 11.8. The molecular weight excluding hydrogens is 264 g/mol. The second-order valence-corrected chi connectivity index (χ2v) is 4.98. The largest absolute Gasteiger partial charge is 0.356 e. The van der Waals surface area contributed by atoms with Crippen LogP contribution in [0.4, 0.5) is 0 Å². The summed E-state index contributed by atoms with van der Waals surface area (Å²) in [5, 5.41) is 10.6. The summed E-state index contributed by atoms with van der Waals surface area (Å²) in [6.45, 7) is 7.44. The lowest BCUT2D eigenvalue weighted by atomic mass is 10.1. The Hall–Kier alpha value is -1.07. The van der Waals surface area contributed by atoms with Gasteiger partial charge in [0, 0.05) is 25.3 Å². The van der Waals surface area contributed by atoms with Gasteiger partial charge >= 0.3 is 0 Å². The monoisotopic (exact) mass is 286 g/mol. The van der Waals surface area contributed by atoms with E-state index < -0.39 is 0 Å². The Morgan fingerprint density at radius 3 is 2.95 bits per heavy atom. The Labute approximate surface area is 120 Å². The first kappa shape index (κ1) is 16.0. The van der Waals surface area contributed by atoms with Gasteiger partial charge in [-0.05, 0) is 39.3 Å². The van der Waals surface area contributed by atoms with Gasteiger partial charge in [0.2, 0.25) is 5.91 Å². The van der Waals surface area contributed by atoms with Gasteiger partial charge in [0.05, 0.1) is 11.6 Å². The Morgan fingerprint density at radius 2 is 2.37 bits per heavy atom. The van der Waals surface area contributed by atoms with Crippen molar-refractivity contribution in [2.45, 2.75) is 33.2 Å². The van der Waals surface area contributed by atoms with Crippen LogP contribution in [0.5, 0.6) is 0 Å². The Balaban J connectivity index is 0.00000180. The molecule has 0 aromatic carbocycles. The Kier molecular flexibility index (Phi) is 6.31. The molecule has 0 aliphatic carbocycles. The molecule has 1 unspecified atom stereocenters. The summed E-state index contributed by atoms with van der Waals surface area (Å²) in [6.07, 6.45) is 1.89. The molecule has 6 heteroatoms. The number of aryl methyl sites for hydroxylation is 3. The van der Waals surface area contributed by atoms with Crippen LogP contribution in [0.3, 0.4) is 0 Å². The van der Waals surface area contributed by atoms with E-state index in [0.29, 0.717) is 0 Å². The van der Waals surface area contributed by atoms with Crippen molar-refractivity contribution in [1.82, 2.24) is 20.4 Å². The van der Waals surface area contributed by atoms with Gasteiger partial charge in [0.1, 0.15) is 0 Å². The van der Waals surface area contributed by atoms with Crippen molar-refractivity contribution in [2.75, 3.05) is 19.6 Å². The lowest BCUT2D eigenvalue weighted by Crippen LogP contribution is -2.33. The van der Waals surface area contributed by atoms with Crippen LogP contribution in [0.15, 0.2) is 6.07 Å². The molecule has 1 saturated heterocycles. The van der Waals surface area contributed by atoms with E-state index in [1.807, 2.05) is 11.6 Å². The smallest absolute Gasteiger partial charge is 0.224 e. The summed E-state index contributed by atoms with van der Waals surface area (Å²) in [4.78, 5) is 11.8. The highest BCUT2D eigenvalue weighted by molar-refractivity contribution is 5.85. The van der Waals surface area contributed by atoms with Crippen molar-refractivity contribution < 1.29 is 4.79 Å². The van der Waals surface area contributed by atoms with E-state index in [-0.39, 0.29) is 24.2 Å². The van der Waals surface area contributed by atoms with E-state index in [1.165, 1.54) is 5.69 Å². The second kappa shape index (κ2) is 7.50. The van der Waals surface area contributed by atoms with Crippen molar-refractivity contribution in [3.63, 3.8) is 0 Å². The zero-order valence-electron chi connectivity index (χ0n) is 11.6. The van der Waals surface area contributed by atoms with Crippen molar-refractivity contribution >= 4 is 18.3 Å². The maximum absolute atomic E-state index is 11.8. The van der Waals surface area contributed by atoms with Gasteiger partial charge in [-0.1, -0.05) is 0 Å². The van der Waals surface area contributed by atoms with Gasteiger partial charge < -0.3 is 10.6 Å². The van der Waals surface area contributed by atoms with Crippen LogP contribution in [0.2, 0.25) is 0 Å². The summed E-state index contributed by atoms with van der Waals surface area (Å²) >= 11 is 0. The predicted molar refractivity (Wildman–Crippen MR) is 77.6 cm³/mol. The van der Waals surface area contributed by atoms with Crippen LogP contribution in [0.25, 0.3) is 0 Å². The molecule has 2 N–H and O–H groups in total. The standard InChI is InChI=1S/C13H22N4O.ClH/c1-10-8-11(2)17(16-10)7-3-5-15-13(18)12-4-6-14-9-12;/h8,12,14H,3-7,9H2,1-2H3,(H,15,18);1H. The highest BCUT2D eigenvalue weighted by Gasteiger charge is 2.21. The predicted octanol–water partition coefficient (Wildman–Crippen LogP) is 1.04. The van der Waals surface area contributed by atoms with Crippen LogP contribution < -0.4 is 10.6 Å². The number of carbonyl (C=O) groups excluding carboxylic acids is 1. The molecule has 1 fully saturated rings. The van der Waals surface area contributed by atoms with Crippen molar-refractivity contribution in [3.8, 4) is 0 Å². The molecule has 0 spiro atoms. The number of hydrogen-bond donors (Lipinski definition) is 2. The lowest BCUT2D eigenvalue weighted by molar-refractivity contribution is -0.124. The molecule has 1 atom stereocenters. The molecule has 0 bridgehead atoms. The average Bonchev–Trinajstić information content (AvgIpc) is 2.94. The molecule has 5 nitrogen and oxygen atoms in total. The first-order valence-corrected chi connectivity index (χ1v) is 6.66. The molecule has 1 amide bonds. The number of halogens is 1. The number of rotatable bonds is 5. The zero-order valence-corrected chi connectivity index (χ0v) is 12.4. The molecule has 0 radical (unpaired) electrons. The molecule has 1 aliphatic heterocycles. The van der Waals surface area contributed by atoms with Crippen molar-refractivity contribution in [1.29, 1.82) is 0 Å². The molecule has 108 valence electrons. The summed E-state index contributed by atoms with van der Waals surface area (Å²) < 4.78 is 2.00. The van der Waals surface area contributed by atoms with Crippen molar-refractivity contribution in [2.24, 2.45) is 5.92 Å². The van der Waals surface area contributed by atoms with Crippen LogP contribution in [0.1, 0.15) is 24.2 Å². The molecule has 1 aromatic heterocycles. The third-order valence-electron chi connectivity index (χ3n) is 3.38. The fourth-order valence-corrected chi connectivity index (χ4v) is 2.36. The third kappa shape index (κ3) is 4.51. The number of nitrogens with one attached hydrogen (secondary N) is 2. The fraction of sp³-hybridized carbons (Fsp3) is 0.692. The molecule has 19 heavy (non-hydrogen) atoms. The average molecular weight is 287 g/mol. The van der Waals surface area contributed by atoms with Gasteiger partial charge in [-0.2, -0.15) is 5.10 Å². The lowest BCUT2D eigenvalue weighted by Gasteiger charge is -2.10. The molecule has 1 aromatic rings. The van der Waals surface area contributed by atoms with Crippen LogP contribution >= 0.6 is 12.4 Å². The first-order chi connectivity index (χ1) is 8.66. The van der Waals surface area contributed by atoms with Crippen molar-refractivity contribution in [3.05, 3.63) is 17.5 Å². The number of hydrogen-bond acceptors (Lipinski definition) is 3. The van der Waals surface area contributed by atoms with E-state index >= 15 is 0 Å². The molecule has 1 aliphatic rings. The fourth-order valence-electron chi connectivity index (χ4n) is 2.36. The number of carbonyl (C=O) groups is 1. The molecule has 0 saturated carbocycles. The summed E-state index contributed by atoms with van der Waals surface area (Å²) in [6, 6.07) is 2.07. The minimum atomic E-state index is 0. The topological polar surface area (TPSA) is 59.0 Å². The normalized spacial score (nSPS) is 18.1. The highest BCUT2D eigenvalue weighted by Crippen LogP contribution is 2.07. The van der Waals surface area contributed by atoms with Gasteiger partial charge in [0.25, 0.3) is 0 Å².